The van der Waals surface area contributed by atoms with Gasteiger partial charge in [0.1, 0.15) is 0 Å². The van der Waals surface area contributed by atoms with Crippen molar-refractivity contribution in [2.75, 3.05) is 6.61 Å². The molecule has 0 bridgehead atoms. The maximum Gasteiger partial charge on any atom is 0.315 e. The van der Waals surface area contributed by atoms with Gasteiger partial charge in [-0.1, -0.05) is 13.3 Å². The fraction of sp³-hybridized carbons (Fsp3) is 0.643. The Kier molecular flexibility index (Phi) is 4.14. The molecule has 1 fully saturated rings. The molecule has 5 nitrogen and oxygen atoms in total. The second-order valence-electron chi connectivity index (χ2n) is 5.77. The molecule has 2 rings (SSSR count). The topological polar surface area (TPSA) is 66.3 Å². The average molecular weight is 265 g/mol. The zero-order valence-corrected chi connectivity index (χ0v) is 11.6. The molecule has 1 saturated carbocycles. The van der Waals surface area contributed by atoms with Gasteiger partial charge in [0, 0.05) is 37.4 Å². The van der Waals surface area contributed by atoms with Crippen LogP contribution < -0.4 is 10.6 Å². The Hall–Kier alpha value is -1.49. The maximum absolute atomic E-state index is 11.9. The minimum Gasteiger partial charge on any atom is -0.396 e. The lowest BCUT2D eigenvalue weighted by atomic mass is 9.86. The lowest BCUT2D eigenvalue weighted by Crippen LogP contribution is -2.48. The van der Waals surface area contributed by atoms with Gasteiger partial charge in [0.2, 0.25) is 0 Å². The highest BCUT2D eigenvalue weighted by Gasteiger charge is 2.38. The van der Waals surface area contributed by atoms with Crippen LogP contribution in [0.3, 0.4) is 0 Å². The number of carbonyl (C=O) groups is 1. The summed E-state index contributed by atoms with van der Waals surface area (Å²) in [5, 5.41) is 15.3. The molecule has 19 heavy (non-hydrogen) atoms. The van der Waals surface area contributed by atoms with E-state index in [4.69, 9.17) is 0 Å². The van der Waals surface area contributed by atoms with Crippen molar-refractivity contribution in [1.82, 2.24) is 15.2 Å². The molecular weight excluding hydrogens is 242 g/mol. The molecule has 1 aromatic heterocycles. The summed E-state index contributed by atoms with van der Waals surface area (Å²) in [7, 11) is 1.95. The number of amides is 2. The van der Waals surface area contributed by atoms with Crippen LogP contribution in [0.5, 0.6) is 0 Å². The standard InChI is InChI=1S/C14H23N3O2/c1-14(10-18)6-3-4-12(14)16-13(19)15-8-11-5-7-17(2)9-11/h5,7,9,12,18H,3-4,6,8,10H2,1-2H3,(H2,15,16,19). The van der Waals surface area contributed by atoms with E-state index >= 15 is 0 Å². The van der Waals surface area contributed by atoms with E-state index in [-0.39, 0.29) is 24.1 Å². The molecular formula is C14H23N3O2. The van der Waals surface area contributed by atoms with Crippen LogP contribution in [0.2, 0.25) is 0 Å². The summed E-state index contributed by atoms with van der Waals surface area (Å²) in [6, 6.07) is 1.89. The Morgan fingerprint density at radius 1 is 1.63 bits per heavy atom. The van der Waals surface area contributed by atoms with E-state index in [0.29, 0.717) is 6.54 Å². The fourth-order valence-electron chi connectivity index (χ4n) is 2.73. The molecule has 0 spiro atoms. The van der Waals surface area contributed by atoms with Crippen LogP contribution in [0.1, 0.15) is 31.7 Å². The second kappa shape index (κ2) is 5.65. The second-order valence-corrected chi connectivity index (χ2v) is 5.77. The fourth-order valence-corrected chi connectivity index (χ4v) is 2.73. The number of nitrogens with one attached hydrogen (secondary N) is 2. The smallest absolute Gasteiger partial charge is 0.315 e. The monoisotopic (exact) mass is 265 g/mol. The number of urea groups is 1. The van der Waals surface area contributed by atoms with Crippen LogP contribution in [-0.2, 0) is 13.6 Å². The van der Waals surface area contributed by atoms with Gasteiger partial charge in [0.15, 0.2) is 0 Å². The number of rotatable bonds is 4. The van der Waals surface area contributed by atoms with Gasteiger partial charge in [0.05, 0.1) is 6.61 Å². The first-order valence-corrected chi connectivity index (χ1v) is 6.79. The number of aliphatic hydroxyl groups excluding tert-OH is 1. The number of hydrogen-bond acceptors (Lipinski definition) is 2. The molecule has 0 saturated heterocycles. The van der Waals surface area contributed by atoms with E-state index in [1.54, 1.807) is 0 Å². The van der Waals surface area contributed by atoms with Gasteiger partial charge >= 0.3 is 6.03 Å². The van der Waals surface area contributed by atoms with Crippen molar-refractivity contribution in [3.8, 4) is 0 Å². The van der Waals surface area contributed by atoms with Gasteiger partial charge in [-0.3, -0.25) is 0 Å². The third-order valence-corrected chi connectivity index (χ3v) is 4.09. The lowest BCUT2D eigenvalue weighted by Gasteiger charge is -2.30. The zero-order valence-electron chi connectivity index (χ0n) is 11.6. The van der Waals surface area contributed by atoms with E-state index in [9.17, 15) is 9.90 Å². The summed E-state index contributed by atoms with van der Waals surface area (Å²) in [4.78, 5) is 11.9. The molecule has 2 unspecified atom stereocenters. The summed E-state index contributed by atoms with van der Waals surface area (Å²) in [6.45, 7) is 2.67. The van der Waals surface area contributed by atoms with Crippen LogP contribution in [0.15, 0.2) is 18.5 Å². The number of aliphatic hydroxyl groups is 1. The molecule has 1 aliphatic rings. The SMILES string of the molecule is Cn1ccc(CNC(=O)NC2CCCC2(C)CO)c1. The molecule has 0 aromatic carbocycles. The van der Waals surface area contributed by atoms with Crippen LogP contribution in [-0.4, -0.2) is 28.4 Å². The van der Waals surface area contributed by atoms with Crippen LogP contribution >= 0.6 is 0 Å². The Balaban J connectivity index is 1.81. The van der Waals surface area contributed by atoms with Crippen molar-refractivity contribution in [3.05, 3.63) is 24.0 Å². The third-order valence-electron chi connectivity index (χ3n) is 4.09. The molecule has 1 aliphatic carbocycles. The first-order valence-electron chi connectivity index (χ1n) is 6.79. The number of aromatic nitrogens is 1. The number of aryl methyl sites for hydroxylation is 1. The molecule has 2 amide bonds. The van der Waals surface area contributed by atoms with Gasteiger partial charge < -0.3 is 20.3 Å². The average Bonchev–Trinajstić information content (AvgIpc) is 2.95. The summed E-state index contributed by atoms with van der Waals surface area (Å²) < 4.78 is 1.95. The quantitative estimate of drug-likeness (QED) is 0.770. The van der Waals surface area contributed by atoms with Crippen LogP contribution in [0.4, 0.5) is 4.79 Å². The highest BCUT2D eigenvalue weighted by atomic mass is 16.3. The Morgan fingerprint density at radius 2 is 2.42 bits per heavy atom. The summed E-state index contributed by atoms with van der Waals surface area (Å²) in [5.41, 5.74) is 0.901. The van der Waals surface area contributed by atoms with Gasteiger partial charge in [0.25, 0.3) is 0 Å². The number of hydrogen-bond donors (Lipinski definition) is 3. The Morgan fingerprint density at radius 3 is 3.05 bits per heavy atom. The van der Waals surface area contributed by atoms with Crippen molar-refractivity contribution < 1.29 is 9.90 Å². The molecule has 2 atom stereocenters. The largest absolute Gasteiger partial charge is 0.396 e. The minimum absolute atomic E-state index is 0.0632. The Labute approximate surface area is 114 Å². The first-order chi connectivity index (χ1) is 9.03. The zero-order chi connectivity index (χ0) is 13.9. The van der Waals surface area contributed by atoms with E-state index < -0.39 is 0 Å². The predicted molar refractivity (Wildman–Crippen MR) is 73.6 cm³/mol. The minimum atomic E-state index is -0.177. The molecule has 106 valence electrons. The van der Waals surface area contributed by atoms with Crippen molar-refractivity contribution in [2.45, 2.75) is 38.8 Å². The molecule has 0 aliphatic heterocycles. The van der Waals surface area contributed by atoms with E-state index in [0.717, 1.165) is 24.8 Å². The highest BCUT2D eigenvalue weighted by molar-refractivity contribution is 5.74. The van der Waals surface area contributed by atoms with Crippen LogP contribution in [0.25, 0.3) is 0 Å². The van der Waals surface area contributed by atoms with Gasteiger partial charge in [-0.2, -0.15) is 0 Å². The summed E-state index contributed by atoms with van der Waals surface area (Å²) >= 11 is 0. The number of nitrogens with zero attached hydrogens (tertiary/aromatic N) is 1. The molecule has 3 N–H and O–H groups in total. The normalized spacial score (nSPS) is 26.4. The van der Waals surface area contributed by atoms with Gasteiger partial charge in [-0.25, -0.2) is 4.79 Å². The first kappa shape index (κ1) is 13.9. The Bertz CT molecular complexity index is 444. The third kappa shape index (κ3) is 3.29. The van der Waals surface area contributed by atoms with E-state index in [1.165, 1.54) is 0 Å². The molecule has 1 heterocycles. The van der Waals surface area contributed by atoms with Crippen LogP contribution in [0, 0.1) is 5.41 Å². The lowest BCUT2D eigenvalue weighted by molar-refractivity contribution is 0.121. The number of carbonyl (C=O) groups excluding carboxylic acids is 1. The predicted octanol–water partition coefficient (Wildman–Crippen LogP) is 1.38. The molecule has 5 heteroatoms. The van der Waals surface area contributed by atoms with Crippen molar-refractivity contribution in [3.63, 3.8) is 0 Å². The van der Waals surface area contributed by atoms with E-state index in [2.05, 4.69) is 10.6 Å². The molecule has 1 aromatic rings. The van der Waals surface area contributed by atoms with E-state index in [1.807, 2.05) is 37.0 Å². The van der Waals surface area contributed by atoms with Gasteiger partial charge in [-0.15, -0.1) is 0 Å². The summed E-state index contributed by atoms with van der Waals surface area (Å²) in [6.07, 6.45) is 6.89. The van der Waals surface area contributed by atoms with Crippen molar-refractivity contribution in [2.24, 2.45) is 12.5 Å². The summed E-state index contributed by atoms with van der Waals surface area (Å²) in [5.74, 6) is 0. The maximum atomic E-state index is 11.9. The molecule has 0 radical (unpaired) electrons. The highest BCUT2D eigenvalue weighted by Crippen LogP contribution is 2.37. The van der Waals surface area contributed by atoms with Crippen molar-refractivity contribution >= 4 is 6.03 Å². The van der Waals surface area contributed by atoms with Crippen molar-refractivity contribution in [1.29, 1.82) is 0 Å². The van der Waals surface area contributed by atoms with Gasteiger partial charge in [-0.05, 0) is 24.5 Å².